The van der Waals surface area contributed by atoms with E-state index in [-0.39, 0.29) is 11.8 Å². The van der Waals surface area contributed by atoms with Crippen molar-refractivity contribution in [2.75, 3.05) is 13.1 Å². The Labute approximate surface area is 105 Å². The van der Waals surface area contributed by atoms with Crippen LogP contribution in [0.15, 0.2) is 18.7 Å². The number of hydrogen-bond donors (Lipinski definition) is 1. The predicted molar refractivity (Wildman–Crippen MR) is 67.4 cm³/mol. The summed E-state index contributed by atoms with van der Waals surface area (Å²) in [6, 6.07) is 0. The van der Waals surface area contributed by atoms with E-state index in [9.17, 15) is 4.79 Å². The van der Waals surface area contributed by atoms with Crippen LogP contribution in [0.25, 0.3) is 0 Å². The van der Waals surface area contributed by atoms with Crippen LogP contribution in [0.3, 0.4) is 0 Å². The molecule has 6 heteroatoms. The SMILES string of the molecule is NC(=S)C1CCCN(C(=O)c2cncnc2)C1. The van der Waals surface area contributed by atoms with Crippen molar-refractivity contribution in [1.82, 2.24) is 14.9 Å². The molecule has 17 heavy (non-hydrogen) atoms. The van der Waals surface area contributed by atoms with E-state index >= 15 is 0 Å². The quantitative estimate of drug-likeness (QED) is 0.779. The number of aromatic nitrogens is 2. The van der Waals surface area contributed by atoms with Gasteiger partial charge in [0.2, 0.25) is 0 Å². The number of likely N-dealkylation sites (tertiary alicyclic amines) is 1. The number of carbonyl (C=O) groups is 1. The van der Waals surface area contributed by atoms with Crippen LogP contribution < -0.4 is 5.73 Å². The van der Waals surface area contributed by atoms with E-state index in [1.54, 1.807) is 4.90 Å². The second-order valence-corrected chi connectivity index (χ2v) is 4.59. The maximum Gasteiger partial charge on any atom is 0.257 e. The number of hydrogen-bond acceptors (Lipinski definition) is 4. The molecule has 2 rings (SSSR count). The number of thiocarbonyl (C=S) groups is 1. The highest BCUT2D eigenvalue weighted by Crippen LogP contribution is 2.18. The van der Waals surface area contributed by atoms with E-state index in [0.29, 0.717) is 17.1 Å². The Hall–Kier alpha value is -1.56. The molecule has 0 radical (unpaired) electrons. The maximum absolute atomic E-state index is 12.1. The Bertz CT molecular complexity index is 423. The van der Waals surface area contributed by atoms with Gasteiger partial charge in [-0.25, -0.2) is 9.97 Å². The largest absolute Gasteiger partial charge is 0.393 e. The van der Waals surface area contributed by atoms with Crippen LogP contribution in [-0.4, -0.2) is 38.9 Å². The van der Waals surface area contributed by atoms with Gasteiger partial charge >= 0.3 is 0 Å². The lowest BCUT2D eigenvalue weighted by molar-refractivity contribution is 0.0702. The van der Waals surface area contributed by atoms with Gasteiger partial charge < -0.3 is 10.6 Å². The summed E-state index contributed by atoms with van der Waals surface area (Å²) in [6.45, 7) is 1.34. The zero-order valence-corrected chi connectivity index (χ0v) is 10.2. The summed E-state index contributed by atoms with van der Waals surface area (Å²) in [5.74, 6) is 0.0823. The van der Waals surface area contributed by atoms with Gasteiger partial charge in [-0.05, 0) is 12.8 Å². The number of nitrogens with two attached hydrogens (primary N) is 1. The van der Waals surface area contributed by atoms with Crippen LogP contribution in [-0.2, 0) is 0 Å². The van der Waals surface area contributed by atoms with Crippen molar-refractivity contribution in [2.24, 2.45) is 11.7 Å². The molecule has 1 aliphatic rings. The second kappa shape index (κ2) is 5.18. The first-order valence-electron chi connectivity index (χ1n) is 5.52. The third-order valence-electron chi connectivity index (χ3n) is 2.92. The van der Waals surface area contributed by atoms with E-state index in [0.717, 1.165) is 19.4 Å². The zero-order valence-electron chi connectivity index (χ0n) is 9.37. The van der Waals surface area contributed by atoms with E-state index in [2.05, 4.69) is 9.97 Å². The van der Waals surface area contributed by atoms with Gasteiger partial charge in [-0.15, -0.1) is 0 Å². The molecule has 0 aliphatic carbocycles. The molecule has 1 aliphatic heterocycles. The van der Waals surface area contributed by atoms with Crippen LogP contribution in [0.2, 0.25) is 0 Å². The van der Waals surface area contributed by atoms with Crippen LogP contribution in [0.5, 0.6) is 0 Å². The fourth-order valence-corrected chi connectivity index (χ4v) is 2.18. The number of amides is 1. The lowest BCUT2D eigenvalue weighted by atomic mass is 9.98. The molecule has 1 aromatic rings. The molecule has 1 aromatic heterocycles. The second-order valence-electron chi connectivity index (χ2n) is 4.12. The van der Waals surface area contributed by atoms with Gasteiger partial charge in [0.25, 0.3) is 5.91 Å². The Kier molecular flexibility index (Phi) is 3.63. The van der Waals surface area contributed by atoms with Gasteiger partial charge in [0.15, 0.2) is 0 Å². The first kappa shape index (κ1) is 11.9. The molecular weight excluding hydrogens is 236 g/mol. The van der Waals surface area contributed by atoms with E-state index in [1.807, 2.05) is 0 Å². The highest BCUT2D eigenvalue weighted by molar-refractivity contribution is 7.80. The molecule has 1 saturated heterocycles. The normalized spacial score (nSPS) is 20.0. The first-order chi connectivity index (χ1) is 8.18. The Morgan fingerprint density at radius 2 is 2.18 bits per heavy atom. The smallest absolute Gasteiger partial charge is 0.257 e. The summed E-state index contributed by atoms with van der Waals surface area (Å²) >= 11 is 4.99. The van der Waals surface area contributed by atoms with E-state index < -0.39 is 0 Å². The van der Waals surface area contributed by atoms with Crippen molar-refractivity contribution in [2.45, 2.75) is 12.8 Å². The number of rotatable bonds is 2. The third kappa shape index (κ3) is 2.76. The summed E-state index contributed by atoms with van der Waals surface area (Å²) in [5, 5.41) is 0. The zero-order chi connectivity index (χ0) is 12.3. The molecule has 2 heterocycles. The Morgan fingerprint density at radius 1 is 1.47 bits per heavy atom. The molecule has 0 spiro atoms. The fraction of sp³-hybridized carbons (Fsp3) is 0.455. The van der Waals surface area contributed by atoms with Gasteiger partial charge in [-0.1, -0.05) is 12.2 Å². The molecule has 1 unspecified atom stereocenters. The molecule has 1 fully saturated rings. The molecule has 0 bridgehead atoms. The summed E-state index contributed by atoms with van der Waals surface area (Å²) in [6.07, 6.45) is 6.36. The summed E-state index contributed by atoms with van der Waals surface area (Å²) < 4.78 is 0. The van der Waals surface area contributed by atoms with E-state index in [1.165, 1.54) is 18.7 Å². The van der Waals surface area contributed by atoms with Crippen molar-refractivity contribution < 1.29 is 4.79 Å². The summed E-state index contributed by atoms with van der Waals surface area (Å²) in [4.78, 5) is 22.1. The van der Waals surface area contributed by atoms with Gasteiger partial charge in [0.05, 0.1) is 10.6 Å². The minimum Gasteiger partial charge on any atom is -0.393 e. The minimum atomic E-state index is -0.0495. The average Bonchev–Trinajstić information content (AvgIpc) is 2.39. The fourth-order valence-electron chi connectivity index (χ4n) is 1.99. The number of nitrogens with zero attached hydrogens (tertiary/aromatic N) is 3. The van der Waals surface area contributed by atoms with Crippen molar-refractivity contribution in [3.63, 3.8) is 0 Å². The van der Waals surface area contributed by atoms with Crippen LogP contribution in [0.4, 0.5) is 0 Å². The number of piperidine rings is 1. The molecule has 2 N–H and O–H groups in total. The van der Waals surface area contributed by atoms with Gasteiger partial charge in [-0.2, -0.15) is 0 Å². The standard InChI is InChI=1S/C11H14N4OS/c12-10(17)8-2-1-3-15(6-8)11(16)9-4-13-7-14-5-9/h4-5,7-8H,1-3,6H2,(H2,12,17). The summed E-state index contributed by atoms with van der Waals surface area (Å²) in [7, 11) is 0. The molecule has 1 amide bonds. The maximum atomic E-state index is 12.1. The molecule has 1 atom stereocenters. The molecule has 0 saturated carbocycles. The van der Waals surface area contributed by atoms with Gasteiger partial charge in [0, 0.05) is 31.4 Å². The average molecular weight is 250 g/mol. The van der Waals surface area contributed by atoms with Crippen molar-refractivity contribution in [3.05, 3.63) is 24.3 Å². The van der Waals surface area contributed by atoms with Gasteiger partial charge in [-0.3, -0.25) is 4.79 Å². The first-order valence-corrected chi connectivity index (χ1v) is 5.93. The monoisotopic (exact) mass is 250 g/mol. The number of carbonyl (C=O) groups excluding carboxylic acids is 1. The van der Waals surface area contributed by atoms with Crippen LogP contribution >= 0.6 is 12.2 Å². The van der Waals surface area contributed by atoms with Crippen molar-refractivity contribution in [1.29, 1.82) is 0 Å². The topological polar surface area (TPSA) is 72.1 Å². The third-order valence-corrected chi connectivity index (χ3v) is 3.25. The molecular formula is C11H14N4OS. The summed E-state index contributed by atoms with van der Waals surface area (Å²) in [5.41, 5.74) is 6.15. The van der Waals surface area contributed by atoms with Crippen LogP contribution in [0, 0.1) is 5.92 Å². The van der Waals surface area contributed by atoms with Gasteiger partial charge in [0.1, 0.15) is 6.33 Å². The Balaban J connectivity index is 2.07. The Morgan fingerprint density at radius 3 is 2.82 bits per heavy atom. The predicted octanol–water partition coefficient (Wildman–Crippen LogP) is 0.615. The lowest BCUT2D eigenvalue weighted by Crippen LogP contribution is -2.43. The highest BCUT2D eigenvalue weighted by atomic mass is 32.1. The van der Waals surface area contributed by atoms with E-state index in [4.69, 9.17) is 18.0 Å². The molecule has 90 valence electrons. The highest BCUT2D eigenvalue weighted by Gasteiger charge is 2.25. The molecule has 0 aromatic carbocycles. The lowest BCUT2D eigenvalue weighted by Gasteiger charge is -2.32. The van der Waals surface area contributed by atoms with Crippen molar-refractivity contribution in [3.8, 4) is 0 Å². The van der Waals surface area contributed by atoms with Crippen molar-refractivity contribution >= 4 is 23.1 Å². The minimum absolute atomic E-state index is 0.0495. The molecule has 5 nitrogen and oxygen atoms in total. The van der Waals surface area contributed by atoms with Crippen LogP contribution in [0.1, 0.15) is 23.2 Å².